The molecule has 2 aliphatic heterocycles. The molecule has 0 bridgehead atoms. The van der Waals surface area contributed by atoms with Crippen LogP contribution in [0.25, 0.3) is 10.9 Å². The van der Waals surface area contributed by atoms with Gasteiger partial charge in [0.05, 0.1) is 35.9 Å². The van der Waals surface area contributed by atoms with E-state index in [1.807, 2.05) is 69.7 Å². The molecule has 0 saturated heterocycles. The van der Waals surface area contributed by atoms with E-state index in [9.17, 15) is 4.79 Å². The van der Waals surface area contributed by atoms with Gasteiger partial charge in [-0.2, -0.15) is 9.68 Å². The quantitative estimate of drug-likeness (QED) is 0.213. The predicted molar refractivity (Wildman–Crippen MR) is 177 cm³/mol. The smallest absolute Gasteiger partial charge is 0.411 e. The van der Waals surface area contributed by atoms with Gasteiger partial charge in [-0.15, -0.1) is 0 Å². The van der Waals surface area contributed by atoms with Gasteiger partial charge in [0.25, 0.3) is 0 Å². The Kier molecular flexibility index (Phi) is 9.64. The Hall–Kier alpha value is -5.26. The van der Waals surface area contributed by atoms with Gasteiger partial charge in [-0.1, -0.05) is 13.0 Å². The number of benzene rings is 2. The van der Waals surface area contributed by atoms with Crippen molar-refractivity contribution < 1.29 is 28.0 Å². The van der Waals surface area contributed by atoms with Crippen molar-refractivity contribution in [2.45, 2.75) is 46.6 Å². The maximum absolute atomic E-state index is 15.5. The van der Waals surface area contributed by atoms with Gasteiger partial charge in [0.2, 0.25) is 11.4 Å². The van der Waals surface area contributed by atoms with Gasteiger partial charge in [-0.05, 0) is 58.4 Å². The summed E-state index contributed by atoms with van der Waals surface area (Å²) in [5, 5.41) is 9.78. The second-order valence-corrected chi connectivity index (χ2v) is 11.5. The number of allylic oxidation sites excluding steroid dienone is 3. The van der Waals surface area contributed by atoms with Gasteiger partial charge >= 0.3 is 6.09 Å². The van der Waals surface area contributed by atoms with E-state index < -0.39 is 11.4 Å². The Morgan fingerprint density at radius 3 is 2.72 bits per heavy atom. The SMILES string of the molecule is C/C=N\N1C=CC(Oc2ccc(Nc3ncnc4ccc([N+]5=CCN(C(=O)OC(C)(C)C)CC5)c(OC)c34)c(F)c2)=C/C1=C\CC. The molecule has 0 spiro atoms. The molecule has 3 heterocycles. The number of anilines is 2. The number of carbonyl (C=O) groups is 1. The molecule has 0 saturated carbocycles. The second-order valence-electron chi connectivity index (χ2n) is 11.5. The van der Waals surface area contributed by atoms with Crippen LogP contribution in [0.4, 0.5) is 26.4 Å². The number of rotatable bonds is 8. The Bertz CT molecular complexity index is 1780. The first kappa shape index (κ1) is 32.1. The number of ether oxygens (including phenoxy) is 3. The number of nitrogens with one attached hydrogen (secondary N) is 1. The fraction of sp³-hybridized carbons (Fsp3) is 0.324. The molecular formula is C34H39FN7O4+. The van der Waals surface area contributed by atoms with E-state index in [0.717, 1.165) is 17.8 Å². The molecular weight excluding hydrogens is 589 g/mol. The number of nitrogens with zero attached hydrogens (tertiary/aromatic N) is 6. The van der Waals surface area contributed by atoms with Crippen molar-refractivity contribution in [3.05, 3.63) is 78.4 Å². The van der Waals surface area contributed by atoms with Crippen molar-refractivity contribution >= 4 is 46.6 Å². The molecule has 1 amide bonds. The van der Waals surface area contributed by atoms with E-state index in [1.165, 1.54) is 12.4 Å². The minimum Gasteiger partial charge on any atom is -0.490 e. The van der Waals surface area contributed by atoms with Gasteiger partial charge in [0, 0.05) is 30.6 Å². The van der Waals surface area contributed by atoms with Crippen LogP contribution in [0.15, 0.2) is 77.6 Å². The van der Waals surface area contributed by atoms with Gasteiger partial charge in [-0.3, -0.25) is 4.90 Å². The summed E-state index contributed by atoms with van der Waals surface area (Å²) < 4.78 is 34.9. The third kappa shape index (κ3) is 7.33. The van der Waals surface area contributed by atoms with E-state index in [2.05, 4.69) is 20.4 Å². The van der Waals surface area contributed by atoms with Crippen LogP contribution in [0.1, 0.15) is 41.0 Å². The normalized spacial score (nSPS) is 16.1. The molecule has 0 fully saturated rings. The molecule has 0 radical (unpaired) electrons. The van der Waals surface area contributed by atoms with Crippen molar-refractivity contribution in [1.29, 1.82) is 0 Å². The minimum atomic E-state index is -0.571. The molecule has 1 N–H and O–H groups in total. The first-order valence-electron chi connectivity index (χ1n) is 15.1. The fourth-order valence-corrected chi connectivity index (χ4v) is 5.03. The lowest BCUT2D eigenvalue weighted by molar-refractivity contribution is -0.443. The van der Waals surface area contributed by atoms with Gasteiger partial charge < -0.3 is 19.5 Å². The standard InChI is InChI=1S/C34H39FN7O4/c1-7-9-23-20-25(14-15-42(23)38-8-2)45-24-10-11-27(26(35)21-24)39-32-30-28(36-22-37-32)12-13-29(31(30)44-6)40-16-18-41(19-17-40)33(43)46-34(3,4)5/h8-16,20-22H,7,17-19H2,1-6H3,(H,36,37,39)/q+1/b23-9+,38-8-. The lowest BCUT2D eigenvalue weighted by Crippen LogP contribution is -2.44. The average Bonchev–Trinajstić information content (AvgIpc) is 3.02. The monoisotopic (exact) mass is 628 g/mol. The van der Waals surface area contributed by atoms with Crippen LogP contribution in [-0.4, -0.2) is 75.3 Å². The lowest BCUT2D eigenvalue weighted by atomic mass is 10.1. The number of hydrogen-bond donors (Lipinski definition) is 1. The molecule has 1 aromatic heterocycles. The Labute approximate surface area is 268 Å². The Morgan fingerprint density at radius 2 is 2.04 bits per heavy atom. The highest BCUT2D eigenvalue weighted by Crippen LogP contribution is 2.39. The number of fused-ring (bicyclic) bond motifs is 1. The number of carbonyl (C=O) groups excluding carboxylic acids is 1. The predicted octanol–water partition coefficient (Wildman–Crippen LogP) is 6.88. The summed E-state index contributed by atoms with van der Waals surface area (Å²) in [4.78, 5) is 23.1. The fourth-order valence-electron chi connectivity index (χ4n) is 5.03. The zero-order valence-corrected chi connectivity index (χ0v) is 27.0. The average molecular weight is 629 g/mol. The van der Waals surface area contributed by atoms with E-state index in [4.69, 9.17) is 14.2 Å². The number of aromatic nitrogens is 2. The molecule has 11 nitrogen and oxygen atoms in total. The first-order valence-corrected chi connectivity index (χ1v) is 15.1. The summed E-state index contributed by atoms with van der Waals surface area (Å²) >= 11 is 0. The van der Waals surface area contributed by atoms with Crippen LogP contribution in [0.5, 0.6) is 11.5 Å². The first-order chi connectivity index (χ1) is 22.1. The lowest BCUT2D eigenvalue weighted by Gasteiger charge is -2.27. The molecule has 2 aliphatic rings. The summed E-state index contributed by atoms with van der Waals surface area (Å²) in [6, 6.07) is 8.38. The van der Waals surface area contributed by atoms with Crippen molar-refractivity contribution in [2.24, 2.45) is 5.10 Å². The third-order valence-electron chi connectivity index (χ3n) is 7.05. The Balaban J connectivity index is 1.38. The van der Waals surface area contributed by atoms with Crippen molar-refractivity contribution in [2.75, 3.05) is 32.1 Å². The van der Waals surface area contributed by atoms with Crippen LogP contribution < -0.4 is 14.8 Å². The largest absolute Gasteiger partial charge is 0.490 e. The van der Waals surface area contributed by atoms with E-state index in [1.54, 1.807) is 47.6 Å². The molecule has 0 aliphatic carbocycles. The summed E-state index contributed by atoms with van der Waals surface area (Å²) in [5.41, 5.74) is 1.90. The van der Waals surface area contributed by atoms with Crippen LogP contribution in [-0.2, 0) is 4.74 Å². The molecule has 5 rings (SSSR count). The van der Waals surface area contributed by atoms with Gasteiger partial charge in [0.1, 0.15) is 41.6 Å². The second kappa shape index (κ2) is 13.8. The van der Waals surface area contributed by atoms with Gasteiger partial charge in [-0.25, -0.2) is 24.2 Å². The summed E-state index contributed by atoms with van der Waals surface area (Å²) in [6.07, 6.45) is 13.0. The zero-order valence-electron chi connectivity index (χ0n) is 27.0. The number of hydrazone groups is 1. The van der Waals surface area contributed by atoms with Crippen molar-refractivity contribution in [1.82, 2.24) is 19.9 Å². The van der Waals surface area contributed by atoms with Crippen LogP contribution >= 0.6 is 0 Å². The maximum atomic E-state index is 15.5. The number of amides is 1. The van der Waals surface area contributed by atoms with Gasteiger partial charge in [0.15, 0.2) is 12.8 Å². The number of halogens is 1. The molecule has 3 aromatic rings. The van der Waals surface area contributed by atoms with Crippen LogP contribution in [0, 0.1) is 5.82 Å². The summed E-state index contributed by atoms with van der Waals surface area (Å²) in [7, 11) is 1.57. The van der Waals surface area contributed by atoms with E-state index >= 15 is 4.39 Å². The highest BCUT2D eigenvalue weighted by molar-refractivity contribution is 5.98. The summed E-state index contributed by atoms with van der Waals surface area (Å²) in [5.74, 6) is 1.29. The molecule has 0 atom stereocenters. The summed E-state index contributed by atoms with van der Waals surface area (Å²) in [6.45, 7) is 10.8. The highest BCUT2D eigenvalue weighted by atomic mass is 19.1. The number of hydrogen-bond acceptors (Lipinski definition) is 9. The molecule has 12 heteroatoms. The Morgan fingerprint density at radius 1 is 1.22 bits per heavy atom. The molecule has 2 aromatic carbocycles. The zero-order chi connectivity index (χ0) is 32.8. The molecule has 240 valence electrons. The molecule has 46 heavy (non-hydrogen) atoms. The highest BCUT2D eigenvalue weighted by Gasteiger charge is 2.29. The van der Waals surface area contributed by atoms with Crippen LogP contribution in [0.2, 0.25) is 0 Å². The van der Waals surface area contributed by atoms with E-state index in [-0.39, 0.29) is 11.8 Å². The molecule has 0 unspecified atom stereocenters. The van der Waals surface area contributed by atoms with Crippen LogP contribution in [0.3, 0.4) is 0 Å². The minimum absolute atomic E-state index is 0.209. The van der Waals surface area contributed by atoms with E-state index in [0.29, 0.717) is 53.6 Å². The maximum Gasteiger partial charge on any atom is 0.411 e. The van der Waals surface area contributed by atoms with Crippen molar-refractivity contribution in [3.8, 4) is 11.5 Å². The third-order valence-corrected chi connectivity index (χ3v) is 7.05. The topological polar surface area (TPSA) is 104 Å². The van der Waals surface area contributed by atoms with Crippen molar-refractivity contribution in [3.63, 3.8) is 0 Å². The number of methoxy groups -OCH3 is 1.